The summed E-state index contributed by atoms with van der Waals surface area (Å²) >= 11 is 5.88. The van der Waals surface area contributed by atoms with Gasteiger partial charge in [0.2, 0.25) is 0 Å². The van der Waals surface area contributed by atoms with E-state index < -0.39 is 25.7 Å². The van der Waals surface area contributed by atoms with Crippen LogP contribution in [0.3, 0.4) is 0 Å². The Morgan fingerprint density at radius 1 is 1.14 bits per heavy atom. The highest BCUT2D eigenvalue weighted by molar-refractivity contribution is 8.13. The molecule has 0 saturated carbocycles. The van der Waals surface area contributed by atoms with Crippen LogP contribution in [-0.4, -0.2) is 32.3 Å². The second-order valence-corrected chi connectivity index (χ2v) is 7.85. The molecule has 0 aromatic heterocycles. The van der Waals surface area contributed by atoms with Crippen molar-refractivity contribution in [2.75, 3.05) is 13.1 Å². The van der Waals surface area contributed by atoms with Crippen molar-refractivity contribution in [2.24, 2.45) is 0 Å². The van der Waals surface area contributed by atoms with Crippen LogP contribution in [0.4, 0.5) is 4.39 Å². The molecule has 0 atom stereocenters. The van der Waals surface area contributed by atoms with Gasteiger partial charge in [0.05, 0.1) is 10.6 Å². The molecule has 0 N–H and O–H groups in total. The smallest absolute Gasteiger partial charge is 0.264 e. The van der Waals surface area contributed by atoms with Crippen molar-refractivity contribution in [3.05, 3.63) is 28.5 Å². The lowest BCUT2D eigenvalue weighted by Crippen LogP contribution is -2.32. The van der Waals surface area contributed by atoms with Gasteiger partial charge in [0.15, 0.2) is 0 Å². The monoisotopic (exact) mass is 353 g/mol. The summed E-state index contributed by atoms with van der Waals surface area (Å²) in [5.74, 6) is -1.47. The Balaban J connectivity index is 2.40. The molecule has 1 amide bonds. The number of carbonyl (C=O) groups is 1. The molecular formula is C13H14Cl2FNO3S. The highest BCUT2D eigenvalue weighted by atomic mass is 35.7. The number of amides is 1. The first-order valence-electron chi connectivity index (χ1n) is 6.53. The van der Waals surface area contributed by atoms with E-state index in [4.69, 9.17) is 22.3 Å². The van der Waals surface area contributed by atoms with Gasteiger partial charge in [-0.2, -0.15) is 0 Å². The average Bonchev–Trinajstić information content (AvgIpc) is 2.65. The lowest BCUT2D eigenvalue weighted by atomic mass is 10.2. The van der Waals surface area contributed by atoms with Gasteiger partial charge in [-0.05, 0) is 25.0 Å². The van der Waals surface area contributed by atoms with Gasteiger partial charge >= 0.3 is 0 Å². The second-order valence-electron chi connectivity index (χ2n) is 4.91. The normalized spacial score (nSPS) is 16.6. The first-order chi connectivity index (χ1) is 9.80. The highest BCUT2D eigenvalue weighted by Gasteiger charge is 2.25. The van der Waals surface area contributed by atoms with Crippen LogP contribution in [0.25, 0.3) is 0 Å². The van der Waals surface area contributed by atoms with Crippen LogP contribution in [0, 0.1) is 5.82 Å². The van der Waals surface area contributed by atoms with Crippen molar-refractivity contribution in [3.63, 3.8) is 0 Å². The molecule has 1 aliphatic rings. The Labute approximate surface area is 132 Å². The van der Waals surface area contributed by atoms with Gasteiger partial charge in [-0.1, -0.05) is 24.4 Å². The minimum atomic E-state index is -4.28. The maximum atomic E-state index is 13.6. The Morgan fingerprint density at radius 2 is 1.71 bits per heavy atom. The summed E-state index contributed by atoms with van der Waals surface area (Å²) in [6, 6.07) is 1.72. The Bertz CT molecular complexity index is 656. The van der Waals surface area contributed by atoms with Crippen molar-refractivity contribution in [1.29, 1.82) is 0 Å². The number of halogens is 3. The first kappa shape index (κ1) is 16.5. The zero-order chi connectivity index (χ0) is 15.6. The molecule has 1 fully saturated rings. The number of hydrogen-bond donors (Lipinski definition) is 0. The molecule has 0 radical (unpaired) electrons. The Hall–Kier alpha value is -0.850. The van der Waals surface area contributed by atoms with E-state index >= 15 is 0 Å². The summed E-state index contributed by atoms with van der Waals surface area (Å²) < 4.78 is 36.3. The van der Waals surface area contributed by atoms with E-state index in [1.807, 2.05) is 0 Å². The molecule has 0 bridgehead atoms. The Kier molecular flexibility index (Phi) is 5.11. The minimum absolute atomic E-state index is 0.0424. The van der Waals surface area contributed by atoms with Crippen molar-refractivity contribution >= 4 is 37.2 Å². The number of rotatable bonds is 2. The van der Waals surface area contributed by atoms with Crippen molar-refractivity contribution in [1.82, 2.24) is 4.90 Å². The number of likely N-dealkylation sites (tertiary alicyclic amines) is 1. The molecular weight excluding hydrogens is 340 g/mol. The number of hydrogen-bond acceptors (Lipinski definition) is 3. The predicted octanol–water partition coefficient (Wildman–Crippen LogP) is 3.42. The fraction of sp³-hybridized carbons (Fsp3) is 0.462. The van der Waals surface area contributed by atoms with Crippen molar-refractivity contribution < 1.29 is 17.6 Å². The summed E-state index contributed by atoms with van der Waals surface area (Å²) in [5.41, 5.74) is -0.0424. The molecule has 8 heteroatoms. The largest absolute Gasteiger partial charge is 0.339 e. The molecule has 1 aromatic rings. The maximum Gasteiger partial charge on any atom is 0.264 e. The fourth-order valence-electron chi connectivity index (χ4n) is 2.32. The maximum absolute atomic E-state index is 13.6. The van der Waals surface area contributed by atoms with Crippen LogP contribution < -0.4 is 0 Å². The van der Waals surface area contributed by atoms with Gasteiger partial charge in [0.1, 0.15) is 10.7 Å². The van der Waals surface area contributed by atoms with Gasteiger partial charge in [0, 0.05) is 23.8 Å². The third-order valence-corrected chi connectivity index (χ3v) is 5.06. The van der Waals surface area contributed by atoms with Crippen LogP contribution in [-0.2, 0) is 9.05 Å². The van der Waals surface area contributed by atoms with E-state index in [2.05, 4.69) is 0 Å². The van der Waals surface area contributed by atoms with Gasteiger partial charge in [-0.25, -0.2) is 12.8 Å². The fourth-order valence-corrected chi connectivity index (χ4v) is 3.46. The summed E-state index contributed by atoms with van der Waals surface area (Å²) in [6.07, 6.45) is 3.85. The summed E-state index contributed by atoms with van der Waals surface area (Å²) in [7, 11) is 0.893. The highest BCUT2D eigenvalue weighted by Crippen LogP contribution is 2.27. The van der Waals surface area contributed by atoms with E-state index in [1.54, 1.807) is 4.90 Å². The van der Waals surface area contributed by atoms with Crippen LogP contribution in [0.1, 0.15) is 36.0 Å². The van der Waals surface area contributed by atoms with Crippen LogP contribution in [0.15, 0.2) is 17.0 Å². The molecule has 0 unspecified atom stereocenters. The van der Waals surface area contributed by atoms with E-state index in [0.29, 0.717) is 13.1 Å². The lowest BCUT2D eigenvalue weighted by Gasteiger charge is -2.21. The second kappa shape index (κ2) is 6.50. The van der Waals surface area contributed by atoms with Crippen LogP contribution in [0.2, 0.25) is 5.02 Å². The molecule has 0 spiro atoms. The minimum Gasteiger partial charge on any atom is -0.339 e. The summed E-state index contributed by atoms with van der Waals surface area (Å²) in [6.45, 7) is 1.16. The number of benzene rings is 1. The predicted molar refractivity (Wildman–Crippen MR) is 78.8 cm³/mol. The van der Waals surface area contributed by atoms with Gasteiger partial charge in [0.25, 0.3) is 15.0 Å². The topological polar surface area (TPSA) is 54.5 Å². The van der Waals surface area contributed by atoms with E-state index in [-0.39, 0.29) is 10.6 Å². The van der Waals surface area contributed by atoms with Crippen LogP contribution >= 0.6 is 22.3 Å². The van der Waals surface area contributed by atoms with E-state index in [1.165, 1.54) is 0 Å². The quantitative estimate of drug-likeness (QED) is 0.765. The molecule has 116 valence electrons. The molecule has 1 aromatic carbocycles. The van der Waals surface area contributed by atoms with E-state index in [0.717, 1.165) is 37.8 Å². The van der Waals surface area contributed by atoms with Gasteiger partial charge in [-0.15, -0.1) is 0 Å². The van der Waals surface area contributed by atoms with Gasteiger partial charge < -0.3 is 4.90 Å². The molecule has 21 heavy (non-hydrogen) atoms. The Morgan fingerprint density at radius 3 is 2.24 bits per heavy atom. The average molecular weight is 354 g/mol. The standard InChI is InChI=1S/C13H14Cl2FNO3S/c14-10-8-11(16)12(21(15,19)20)7-9(10)13(18)17-5-3-1-2-4-6-17/h7-8H,1-6H2. The van der Waals surface area contributed by atoms with Crippen molar-refractivity contribution in [2.45, 2.75) is 30.6 Å². The summed E-state index contributed by atoms with van der Waals surface area (Å²) in [4.78, 5) is 13.3. The molecule has 1 saturated heterocycles. The number of carbonyl (C=O) groups excluding carboxylic acids is 1. The number of nitrogens with zero attached hydrogens (tertiary/aromatic N) is 1. The zero-order valence-electron chi connectivity index (χ0n) is 11.1. The van der Waals surface area contributed by atoms with E-state index in [9.17, 15) is 17.6 Å². The molecule has 0 aliphatic carbocycles. The molecule has 2 rings (SSSR count). The van der Waals surface area contributed by atoms with Crippen molar-refractivity contribution in [3.8, 4) is 0 Å². The summed E-state index contributed by atoms with van der Waals surface area (Å²) in [5, 5.41) is -0.120. The zero-order valence-corrected chi connectivity index (χ0v) is 13.4. The lowest BCUT2D eigenvalue weighted by molar-refractivity contribution is 0.0761. The third kappa shape index (κ3) is 3.87. The molecule has 1 heterocycles. The van der Waals surface area contributed by atoms with Gasteiger partial charge in [-0.3, -0.25) is 4.79 Å². The molecule has 1 aliphatic heterocycles. The third-order valence-electron chi connectivity index (χ3n) is 3.41. The molecule has 4 nitrogen and oxygen atoms in total. The first-order valence-corrected chi connectivity index (χ1v) is 9.22. The SMILES string of the molecule is O=C(c1cc(S(=O)(=O)Cl)c(F)cc1Cl)N1CCCCCC1. The van der Waals surface area contributed by atoms with Crippen LogP contribution in [0.5, 0.6) is 0 Å².